The molecule has 1 aliphatic rings. The quantitative estimate of drug-likeness (QED) is 0.495. The fourth-order valence-electron chi connectivity index (χ4n) is 2.83. The van der Waals surface area contributed by atoms with E-state index in [1.54, 1.807) is 0 Å². The maximum absolute atomic E-state index is 9.08. The summed E-state index contributed by atoms with van der Waals surface area (Å²) >= 11 is 0. The lowest BCUT2D eigenvalue weighted by Crippen LogP contribution is -2.18. The van der Waals surface area contributed by atoms with Gasteiger partial charge in [-0.05, 0) is 42.6 Å². The van der Waals surface area contributed by atoms with Crippen molar-refractivity contribution in [2.75, 3.05) is 13.2 Å². The highest BCUT2D eigenvalue weighted by Gasteiger charge is 2.26. The third-order valence-corrected chi connectivity index (χ3v) is 4.18. The van der Waals surface area contributed by atoms with Gasteiger partial charge in [-0.15, -0.1) is 0 Å². The fraction of sp³-hybridized carbons (Fsp3) is 0.684. The molecule has 1 rings (SSSR count). The summed E-state index contributed by atoms with van der Waals surface area (Å²) in [6, 6.07) is 4.05. The Kier molecular flexibility index (Phi) is 7.36. The molecule has 3 heteroatoms. The van der Waals surface area contributed by atoms with Crippen LogP contribution in [0.15, 0.2) is 22.8 Å². The number of nitrogens with zero attached hydrogens (tertiary/aromatic N) is 2. The highest BCUT2D eigenvalue weighted by atomic mass is 16.5. The van der Waals surface area contributed by atoms with Crippen LogP contribution >= 0.6 is 0 Å². The van der Waals surface area contributed by atoms with Gasteiger partial charge in [0.25, 0.3) is 0 Å². The van der Waals surface area contributed by atoms with E-state index in [0.29, 0.717) is 5.92 Å². The fourth-order valence-corrected chi connectivity index (χ4v) is 2.83. The summed E-state index contributed by atoms with van der Waals surface area (Å²) in [6.45, 7) is 10.4. The molecule has 22 heavy (non-hydrogen) atoms. The molecule has 0 N–H and O–H groups in total. The highest BCUT2D eigenvalue weighted by Crippen LogP contribution is 2.40. The number of ether oxygens (including phenoxy) is 1. The van der Waals surface area contributed by atoms with Crippen molar-refractivity contribution >= 4 is 0 Å². The first-order chi connectivity index (χ1) is 10.4. The zero-order valence-corrected chi connectivity index (χ0v) is 14.4. The average molecular weight is 300 g/mol. The zero-order chi connectivity index (χ0) is 16.6. The molecule has 0 aromatic rings. The first-order valence-electron chi connectivity index (χ1n) is 8.22. The van der Waals surface area contributed by atoms with Crippen LogP contribution in [0.4, 0.5) is 0 Å². The van der Waals surface area contributed by atoms with Crippen LogP contribution in [0.1, 0.15) is 59.8 Å². The molecule has 0 aliphatic heterocycles. The normalized spacial score (nSPS) is 18.1. The van der Waals surface area contributed by atoms with Gasteiger partial charge in [0.05, 0.1) is 0 Å². The Morgan fingerprint density at radius 3 is 2.59 bits per heavy atom. The number of allylic oxidation sites excluding steroid dienone is 4. The van der Waals surface area contributed by atoms with Crippen molar-refractivity contribution in [1.29, 1.82) is 10.5 Å². The lowest BCUT2D eigenvalue weighted by atomic mass is 9.73. The minimum absolute atomic E-state index is 0.121. The van der Waals surface area contributed by atoms with Gasteiger partial charge in [0.15, 0.2) is 0 Å². The molecule has 0 saturated carbocycles. The lowest BCUT2D eigenvalue weighted by molar-refractivity contribution is 0.101. The van der Waals surface area contributed by atoms with Crippen LogP contribution in [0.2, 0.25) is 0 Å². The van der Waals surface area contributed by atoms with Crippen molar-refractivity contribution in [3.8, 4) is 12.1 Å². The topological polar surface area (TPSA) is 56.8 Å². The summed E-state index contributed by atoms with van der Waals surface area (Å²) in [4.78, 5) is 0. The van der Waals surface area contributed by atoms with E-state index in [2.05, 4.69) is 33.8 Å². The Balaban J connectivity index is 2.60. The van der Waals surface area contributed by atoms with Crippen molar-refractivity contribution in [2.24, 2.45) is 11.3 Å². The lowest BCUT2D eigenvalue weighted by Gasteiger charge is -2.31. The Labute approximate surface area is 135 Å². The van der Waals surface area contributed by atoms with E-state index in [-0.39, 0.29) is 11.0 Å². The molecule has 0 spiro atoms. The molecule has 0 aromatic heterocycles. The summed E-state index contributed by atoms with van der Waals surface area (Å²) in [7, 11) is 0. The maximum atomic E-state index is 9.08. The number of hydrogen-bond acceptors (Lipinski definition) is 3. The largest absolute Gasteiger partial charge is 0.381 e. The molecule has 120 valence electrons. The number of hydrogen-bond donors (Lipinski definition) is 0. The third kappa shape index (κ3) is 6.04. The molecule has 0 heterocycles. The van der Waals surface area contributed by atoms with E-state index in [1.165, 1.54) is 5.57 Å². The van der Waals surface area contributed by atoms with Crippen LogP contribution in [-0.2, 0) is 4.74 Å². The van der Waals surface area contributed by atoms with E-state index in [0.717, 1.165) is 50.9 Å². The van der Waals surface area contributed by atoms with Gasteiger partial charge in [-0.3, -0.25) is 0 Å². The van der Waals surface area contributed by atoms with Crippen LogP contribution < -0.4 is 0 Å². The first-order valence-corrected chi connectivity index (χ1v) is 8.22. The molecule has 1 aliphatic carbocycles. The minimum Gasteiger partial charge on any atom is -0.381 e. The van der Waals surface area contributed by atoms with Crippen LogP contribution in [0.5, 0.6) is 0 Å². The zero-order valence-electron chi connectivity index (χ0n) is 14.4. The van der Waals surface area contributed by atoms with E-state index >= 15 is 0 Å². The standard InChI is InChI=1S/C19H28N2O/c1-5-15(2)14-22-8-6-7-16-9-17(18(12-20)13-21)11-19(3,4)10-16/h9,15H,5-8,10-11,14H2,1-4H3. The van der Waals surface area contributed by atoms with E-state index in [9.17, 15) is 0 Å². The molecule has 0 fully saturated rings. The van der Waals surface area contributed by atoms with Crippen LogP contribution in [0.3, 0.4) is 0 Å². The van der Waals surface area contributed by atoms with Crippen molar-refractivity contribution < 1.29 is 4.74 Å². The van der Waals surface area contributed by atoms with Crippen molar-refractivity contribution in [2.45, 2.75) is 59.8 Å². The van der Waals surface area contributed by atoms with Crippen molar-refractivity contribution in [3.05, 3.63) is 22.8 Å². The predicted octanol–water partition coefficient (Wildman–Crippen LogP) is 4.92. The Morgan fingerprint density at radius 1 is 1.32 bits per heavy atom. The summed E-state index contributed by atoms with van der Waals surface area (Å²) in [5, 5.41) is 18.2. The minimum atomic E-state index is 0.121. The summed E-state index contributed by atoms with van der Waals surface area (Å²) in [6.07, 6.45) is 7.04. The average Bonchev–Trinajstić information content (AvgIpc) is 2.46. The number of nitriles is 2. The monoisotopic (exact) mass is 300 g/mol. The van der Waals surface area contributed by atoms with E-state index in [4.69, 9.17) is 15.3 Å². The van der Waals surface area contributed by atoms with Gasteiger partial charge in [0.1, 0.15) is 17.7 Å². The molecule has 0 aromatic carbocycles. The number of rotatable bonds is 7. The van der Waals surface area contributed by atoms with E-state index in [1.807, 2.05) is 12.1 Å². The summed E-state index contributed by atoms with van der Waals surface area (Å²) in [5.74, 6) is 0.621. The molecule has 0 amide bonds. The Bertz CT molecular complexity index is 499. The van der Waals surface area contributed by atoms with Gasteiger partial charge in [0.2, 0.25) is 0 Å². The molecule has 0 bridgehead atoms. The molecule has 3 nitrogen and oxygen atoms in total. The summed E-state index contributed by atoms with van der Waals surface area (Å²) in [5.41, 5.74) is 2.62. The van der Waals surface area contributed by atoms with Crippen LogP contribution in [-0.4, -0.2) is 13.2 Å². The third-order valence-electron chi connectivity index (χ3n) is 4.18. The molecular formula is C19H28N2O. The second-order valence-corrected chi connectivity index (χ2v) is 7.14. The van der Waals surface area contributed by atoms with Gasteiger partial charge < -0.3 is 4.74 Å². The molecular weight excluding hydrogens is 272 g/mol. The second-order valence-electron chi connectivity index (χ2n) is 7.14. The Hall–Kier alpha value is -1.58. The van der Waals surface area contributed by atoms with E-state index < -0.39 is 0 Å². The van der Waals surface area contributed by atoms with Crippen LogP contribution in [0, 0.1) is 34.0 Å². The molecule has 1 atom stereocenters. The highest BCUT2D eigenvalue weighted by molar-refractivity contribution is 5.47. The van der Waals surface area contributed by atoms with Gasteiger partial charge in [-0.25, -0.2) is 0 Å². The smallest absolute Gasteiger partial charge is 0.132 e. The van der Waals surface area contributed by atoms with Gasteiger partial charge in [-0.2, -0.15) is 10.5 Å². The van der Waals surface area contributed by atoms with Gasteiger partial charge in [-0.1, -0.05) is 45.8 Å². The van der Waals surface area contributed by atoms with Crippen molar-refractivity contribution in [1.82, 2.24) is 0 Å². The first kappa shape index (κ1) is 18.5. The van der Waals surface area contributed by atoms with Crippen LogP contribution in [0.25, 0.3) is 0 Å². The Morgan fingerprint density at radius 2 is 2.00 bits per heavy atom. The van der Waals surface area contributed by atoms with Crippen molar-refractivity contribution in [3.63, 3.8) is 0 Å². The molecule has 0 saturated heterocycles. The van der Waals surface area contributed by atoms with Gasteiger partial charge in [0, 0.05) is 13.2 Å². The molecule has 1 unspecified atom stereocenters. The SMILES string of the molecule is CCC(C)COCCCC1=CC(=C(C#N)C#N)CC(C)(C)C1. The predicted molar refractivity (Wildman–Crippen MR) is 88.9 cm³/mol. The molecule has 0 radical (unpaired) electrons. The maximum Gasteiger partial charge on any atom is 0.132 e. The second kappa shape index (κ2) is 8.76. The van der Waals surface area contributed by atoms with Gasteiger partial charge >= 0.3 is 0 Å². The summed E-state index contributed by atoms with van der Waals surface area (Å²) < 4.78 is 5.70.